The third-order valence-corrected chi connectivity index (χ3v) is 6.74. The number of benzene rings is 2. The van der Waals surface area contributed by atoms with Gasteiger partial charge in [0.2, 0.25) is 10.0 Å². The highest BCUT2D eigenvalue weighted by Gasteiger charge is 2.19. The van der Waals surface area contributed by atoms with Crippen LogP contribution in [-0.2, 0) is 26.6 Å². The molecule has 152 valence electrons. The van der Waals surface area contributed by atoms with Gasteiger partial charge in [-0.15, -0.1) is 0 Å². The summed E-state index contributed by atoms with van der Waals surface area (Å²) in [6.07, 6.45) is 1.43. The summed E-state index contributed by atoms with van der Waals surface area (Å²) in [4.78, 5) is 11.3. The van der Waals surface area contributed by atoms with Gasteiger partial charge in [0.05, 0.1) is 28.3 Å². The molecule has 0 amide bonds. The van der Waals surface area contributed by atoms with Gasteiger partial charge in [0.15, 0.2) is 5.78 Å². The van der Waals surface area contributed by atoms with Crippen molar-refractivity contribution in [1.82, 2.24) is 4.72 Å². The zero-order chi connectivity index (χ0) is 21.1. The predicted octanol–water partition coefficient (Wildman–Crippen LogP) is 2.76. The summed E-state index contributed by atoms with van der Waals surface area (Å²) < 4.78 is 60.0. The van der Waals surface area contributed by atoms with Crippen LogP contribution < -0.4 is 9.44 Å². The summed E-state index contributed by atoms with van der Waals surface area (Å²) in [6.45, 7) is 1.30. The molecule has 0 spiro atoms. The fourth-order valence-electron chi connectivity index (χ4n) is 2.49. The maximum absolute atomic E-state index is 12.6. The number of hydrogen-bond acceptors (Lipinski definition) is 6. The van der Waals surface area contributed by atoms with Crippen molar-refractivity contribution in [3.05, 3.63) is 78.3 Å². The number of furan rings is 1. The molecule has 0 radical (unpaired) electrons. The van der Waals surface area contributed by atoms with Crippen molar-refractivity contribution >= 4 is 31.5 Å². The molecule has 1 heterocycles. The van der Waals surface area contributed by atoms with E-state index < -0.39 is 20.0 Å². The van der Waals surface area contributed by atoms with Gasteiger partial charge in [0, 0.05) is 5.56 Å². The van der Waals surface area contributed by atoms with E-state index in [1.54, 1.807) is 12.1 Å². The molecule has 10 heteroatoms. The zero-order valence-corrected chi connectivity index (χ0v) is 17.0. The first kappa shape index (κ1) is 20.8. The lowest BCUT2D eigenvalue weighted by Crippen LogP contribution is -2.23. The van der Waals surface area contributed by atoms with Crippen LogP contribution in [0.25, 0.3) is 0 Å². The van der Waals surface area contributed by atoms with Crippen molar-refractivity contribution in [3.63, 3.8) is 0 Å². The molecule has 0 aliphatic carbocycles. The van der Waals surface area contributed by atoms with Crippen LogP contribution in [0.5, 0.6) is 0 Å². The van der Waals surface area contributed by atoms with Gasteiger partial charge in [-0.25, -0.2) is 21.6 Å². The Bertz CT molecular complexity index is 1230. The van der Waals surface area contributed by atoms with Crippen LogP contribution in [0.3, 0.4) is 0 Å². The van der Waals surface area contributed by atoms with E-state index in [4.69, 9.17) is 4.42 Å². The van der Waals surface area contributed by atoms with Gasteiger partial charge >= 0.3 is 0 Å². The van der Waals surface area contributed by atoms with Crippen LogP contribution >= 0.6 is 0 Å². The molecule has 3 rings (SSSR count). The molecule has 0 saturated heterocycles. The third-order valence-electron chi connectivity index (χ3n) is 3.96. The Hall–Kier alpha value is -2.95. The molecule has 0 aliphatic heterocycles. The fraction of sp³-hybridized carbons (Fsp3) is 0.105. The number of Topliss-reactive ketones (excluding diaryl/α,β-unsaturated/α-hetero) is 1. The Kier molecular flexibility index (Phi) is 5.87. The average molecular weight is 434 g/mol. The second-order valence-corrected chi connectivity index (χ2v) is 9.57. The molecule has 1 aromatic heterocycles. The monoisotopic (exact) mass is 434 g/mol. The first-order valence-corrected chi connectivity index (χ1v) is 11.4. The molecule has 29 heavy (non-hydrogen) atoms. The van der Waals surface area contributed by atoms with E-state index in [0.717, 1.165) is 0 Å². The van der Waals surface area contributed by atoms with Gasteiger partial charge in [0.25, 0.3) is 10.0 Å². The van der Waals surface area contributed by atoms with Gasteiger partial charge < -0.3 is 4.42 Å². The van der Waals surface area contributed by atoms with E-state index in [2.05, 4.69) is 9.44 Å². The first-order chi connectivity index (χ1) is 13.7. The van der Waals surface area contributed by atoms with Crippen LogP contribution in [0.1, 0.15) is 23.0 Å². The zero-order valence-electron chi connectivity index (χ0n) is 15.3. The topological polar surface area (TPSA) is 123 Å². The molecule has 2 aromatic carbocycles. The third kappa shape index (κ3) is 5.11. The molecule has 0 fully saturated rings. The summed E-state index contributed by atoms with van der Waals surface area (Å²) in [7, 11) is -7.90. The Morgan fingerprint density at radius 2 is 1.59 bits per heavy atom. The molecule has 2 N–H and O–H groups in total. The number of carbonyl (C=O) groups is 1. The van der Waals surface area contributed by atoms with Crippen LogP contribution in [-0.4, -0.2) is 22.6 Å². The van der Waals surface area contributed by atoms with E-state index in [0.29, 0.717) is 5.76 Å². The van der Waals surface area contributed by atoms with E-state index in [1.165, 1.54) is 61.7 Å². The lowest BCUT2D eigenvalue weighted by atomic mass is 10.2. The maximum atomic E-state index is 12.6. The van der Waals surface area contributed by atoms with Crippen molar-refractivity contribution in [2.75, 3.05) is 4.72 Å². The normalized spacial score (nSPS) is 11.9. The van der Waals surface area contributed by atoms with Crippen molar-refractivity contribution in [3.8, 4) is 0 Å². The Morgan fingerprint density at radius 3 is 2.24 bits per heavy atom. The number of nitrogens with one attached hydrogen (secondary N) is 2. The van der Waals surface area contributed by atoms with Gasteiger partial charge in [-0.2, -0.15) is 0 Å². The molecule has 0 aliphatic rings. The number of anilines is 1. The van der Waals surface area contributed by atoms with Crippen molar-refractivity contribution < 1.29 is 26.0 Å². The molecule has 0 saturated carbocycles. The van der Waals surface area contributed by atoms with Gasteiger partial charge in [0.1, 0.15) is 5.76 Å². The van der Waals surface area contributed by atoms with Crippen LogP contribution in [0.2, 0.25) is 0 Å². The van der Waals surface area contributed by atoms with Crippen LogP contribution in [0.15, 0.2) is 81.1 Å². The molecule has 3 aromatic rings. The van der Waals surface area contributed by atoms with E-state index in [1.807, 2.05) is 0 Å². The standard InChI is InChI=1S/C19H18N2O6S2/c1-14(22)15-5-2-8-18(11-15)29(25,26)21-16-6-3-9-19(12-16)28(23,24)20-13-17-7-4-10-27-17/h2-12,20-21H,13H2,1H3. The quantitative estimate of drug-likeness (QED) is 0.526. The van der Waals surface area contributed by atoms with Crippen molar-refractivity contribution in [1.29, 1.82) is 0 Å². The summed E-state index contributed by atoms with van der Waals surface area (Å²) >= 11 is 0. The molecule has 0 atom stereocenters. The Balaban J connectivity index is 1.82. The maximum Gasteiger partial charge on any atom is 0.261 e. The van der Waals surface area contributed by atoms with E-state index in [-0.39, 0.29) is 33.4 Å². The molecular weight excluding hydrogens is 416 g/mol. The Labute approximate surface area is 168 Å². The highest BCUT2D eigenvalue weighted by atomic mass is 32.2. The minimum absolute atomic E-state index is 0.0386. The van der Waals surface area contributed by atoms with Gasteiger partial charge in [-0.1, -0.05) is 18.2 Å². The second-order valence-electron chi connectivity index (χ2n) is 6.12. The molecule has 0 bridgehead atoms. The predicted molar refractivity (Wildman–Crippen MR) is 106 cm³/mol. The lowest BCUT2D eigenvalue weighted by molar-refractivity contribution is 0.101. The summed E-state index contributed by atoms with van der Waals surface area (Å²) in [5.74, 6) is 0.175. The highest BCUT2D eigenvalue weighted by Crippen LogP contribution is 2.20. The Morgan fingerprint density at radius 1 is 0.897 bits per heavy atom. The highest BCUT2D eigenvalue weighted by molar-refractivity contribution is 7.92. The molecular formula is C19H18N2O6S2. The van der Waals surface area contributed by atoms with Gasteiger partial charge in [-0.3, -0.25) is 9.52 Å². The van der Waals surface area contributed by atoms with Crippen LogP contribution in [0.4, 0.5) is 5.69 Å². The van der Waals surface area contributed by atoms with Crippen molar-refractivity contribution in [2.24, 2.45) is 0 Å². The summed E-state index contributed by atoms with van der Waals surface area (Å²) in [5, 5.41) is 0. The minimum atomic E-state index is -4.01. The number of rotatable bonds is 8. The second kappa shape index (κ2) is 8.19. The number of hydrogen-bond donors (Lipinski definition) is 2. The number of ketones is 1. The molecule has 8 nitrogen and oxygen atoms in total. The fourth-order valence-corrected chi connectivity index (χ4v) is 4.62. The van der Waals surface area contributed by atoms with Crippen LogP contribution in [0, 0.1) is 0 Å². The smallest absolute Gasteiger partial charge is 0.261 e. The number of carbonyl (C=O) groups excluding carboxylic acids is 1. The van der Waals surface area contributed by atoms with E-state index in [9.17, 15) is 21.6 Å². The summed E-state index contributed by atoms with van der Waals surface area (Å²) in [6, 6.07) is 14.3. The van der Waals surface area contributed by atoms with E-state index >= 15 is 0 Å². The van der Waals surface area contributed by atoms with Gasteiger partial charge in [-0.05, 0) is 49.4 Å². The van der Waals surface area contributed by atoms with Crippen molar-refractivity contribution in [2.45, 2.75) is 23.3 Å². The largest absolute Gasteiger partial charge is 0.468 e. The lowest BCUT2D eigenvalue weighted by Gasteiger charge is -2.11. The SMILES string of the molecule is CC(=O)c1cccc(S(=O)(=O)Nc2cccc(S(=O)(=O)NCc3ccco3)c2)c1. The number of sulfonamides is 2. The minimum Gasteiger partial charge on any atom is -0.468 e. The summed E-state index contributed by atoms with van der Waals surface area (Å²) in [5.41, 5.74) is 0.324. The first-order valence-electron chi connectivity index (χ1n) is 8.43. The average Bonchev–Trinajstić information content (AvgIpc) is 3.20. The molecule has 0 unspecified atom stereocenters.